The van der Waals surface area contributed by atoms with E-state index in [9.17, 15) is 22.0 Å². The molecule has 2 N–H and O–H groups in total. The second-order valence-electron chi connectivity index (χ2n) is 3.53. The van der Waals surface area contributed by atoms with E-state index >= 15 is 0 Å². The highest BCUT2D eigenvalue weighted by atomic mass is 19.4. The van der Waals surface area contributed by atoms with Crippen LogP contribution in [0.5, 0.6) is 0 Å². The molecule has 1 heterocycles. The molecule has 0 unspecified atom stereocenters. The lowest BCUT2D eigenvalue weighted by Gasteiger charge is -2.23. The van der Waals surface area contributed by atoms with E-state index in [-0.39, 0.29) is 18.9 Å². The Morgan fingerprint density at radius 3 is 2.50 bits per heavy atom. The van der Waals surface area contributed by atoms with Gasteiger partial charge in [-0.25, -0.2) is 13.8 Å². The molecule has 0 aliphatic carbocycles. The van der Waals surface area contributed by atoms with Gasteiger partial charge in [0.25, 0.3) is 6.43 Å². The van der Waals surface area contributed by atoms with Gasteiger partial charge >= 0.3 is 6.18 Å². The number of hydrogen-bond donors (Lipinski definition) is 1. The maximum absolute atomic E-state index is 12.5. The topological polar surface area (TPSA) is 42.1 Å². The number of halogens is 5. The second-order valence-corrected chi connectivity index (χ2v) is 3.53. The van der Waals surface area contributed by atoms with Crippen molar-refractivity contribution in [2.75, 3.05) is 24.5 Å². The van der Waals surface area contributed by atoms with Crippen LogP contribution in [-0.4, -0.2) is 31.0 Å². The summed E-state index contributed by atoms with van der Waals surface area (Å²) < 4.78 is 62.0. The Morgan fingerprint density at radius 2 is 2.00 bits per heavy atom. The van der Waals surface area contributed by atoms with Crippen LogP contribution in [0.2, 0.25) is 0 Å². The summed E-state index contributed by atoms with van der Waals surface area (Å²) in [5, 5.41) is 0. The van der Waals surface area contributed by atoms with Gasteiger partial charge in [0.05, 0.1) is 12.1 Å². The molecule has 3 nitrogen and oxygen atoms in total. The van der Waals surface area contributed by atoms with Gasteiger partial charge in [0, 0.05) is 19.3 Å². The summed E-state index contributed by atoms with van der Waals surface area (Å²) in [5.74, 6) is -0.157. The molecule has 1 aromatic rings. The van der Waals surface area contributed by atoms with Crippen LogP contribution in [0.1, 0.15) is 5.56 Å². The summed E-state index contributed by atoms with van der Waals surface area (Å²) in [7, 11) is 0. The predicted molar refractivity (Wildman–Crippen MR) is 56.5 cm³/mol. The number of aromatic nitrogens is 1. The van der Waals surface area contributed by atoms with Crippen molar-refractivity contribution in [1.82, 2.24) is 4.98 Å². The molecular formula is C10H12F5N3. The SMILES string of the molecule is NCCN(CC(F)F)c1cc(C(F)(F)F)ccn1. The van der Waals surface area contributed by atoms with E-state index in [2.05, 4.69) is 4.98 Å². The van der Waals surface area contributed by atoms with Gasteiger partial charge in [-0.1, -0.05) is 0 Å². The standard InChI is InChI=1S/C10H12F5N3/c11-8(12)6-18(4-2-16)9-5-7(1-3-17-9)10(13,14)15/h1,3,5,8H,2,4,6,16H2. The number of rotatable bonds is 5. The Morgan fingerprint density at radius 1 is 1.33 bits per heavy atom. The van der Waals surface area contributed by atoms with Crippen LogP contribution in [0.25, 0.3) is 0 Å². The fourth-order valence-electron chi connectivity index (χ4n) is 1.39. The third-order valence-corrected chi connectivity index (χ3v) is 2.15. The average Bonchev–Trinajstić information content (AvgIpc) is 2.27. The van der Waals surface area contributed by atoms with Gasteiger partial charge in [0.1, 0.15) is 5.82 Å². The molecule has 0 atom stereocenters. The van der Waals surface area contributed by atoms with Crippen molar-refractivity contribution >= 4 is 5.82 Å². The number of pyridine rings is 1. The minimum Gasteiger partial charge on any atom is -0.350 e. The van der Waals surface area contributed by atoms with Crippen LogP contribution in [0, 0.1) is 0 Å². The Hall–Kier alpha value is -1.44. The third-order valence-electron chi connectivity index (χ3n) is 2.15. The molecule has 0 spiro atoms. The zero-order chi connectivity index (χ0) is 13.8. The largest absolute Gasteiger partial charge is 0.416 e. The molecule has 0 aliphatic heterocycles. The minimum absolute atomic E-state index is 0.0126. The molecule has 0 radical (unpaired) electrons. The summed E-state index contributed by atoms with van der Waals surface area (Å²) in [6.07, 6.45) is -6.27. The monoisotopic (exact) mass is 269 g/mol. The highest BCUT2D eigenvalue weighted by Gasteiger charge is 2.31. The molecular weight excluding hydrogens is 257 g/mol. The number of hydrogen-bond acceptors (Lipinski definition) is 3. The van der Waals surface area contributed by atoms with Gasteiger partial charge in [-0.05, 0) is 12.1 Å². The zero-order valence-corrected chi connectivity index (χ0v) is 9.29. The Labute approximate surface area is 100 Å². The number of alkyl halides is 5. The van der Waals surface area contributed by atoms with E-state index in [4.69, 9.17) is 5.73 Å². The Kier molecular flexibility index (Phi) is 4.83. The molecule has 102 valence electrons. The van der Waals surface area contributed by atoms with Crippen molar-refractivity contribution in [1.29, 1.82) is 0 Å². The molecule has 1 aromatic heterocycles. The molecule has 0 aromatic carbocycles. The van der Waals surface area contributed by atoms with E-state index in [0.717, 1.165) is 23.2 Å². The lowest BCUT2D eigenvalue weighted by Crippen LogP contribution is -2.34. The smallest absolute Gasteiger partial charge is 0.350 e. The van der Waals surface area contributed by atoms with Gasteiger partial charge in [0.2, 0.25) is 0 Å². The molecule has 0 aliphatic rings. The van der Waals surface area contributed by atoms with Crippen LogP contribution in [0.4, 0.5) is 27.8 Å². The van der Waals surface area contributed by atoms with Crippen molar-refractivity contribution in [3.8, 4) is 0 Å². The molecule has 0 fully saturated rings. The molecule has 1 rings (SSSR count). The van der Waals surface area contributed by atoms with E-state index < -0.39 is 24.7 Å². The number of nitrogens with zero attached hydrogens (tertiary/aromatic N) is 2. The van der Waals surface area contributed by atoms with Crippen LogP contribution in [0.15, 0.2) is 18.3 Å². The maximum atomic E-state index is 12.5. The van der Waals surface area contributed by atoms with E-state index in [1.807, 2.05) is 0 Å². The van der Waals surface area contributed by atoms with E-state index in [1.165, 1.54) is 0 Å². The average molecular weight is 269 g/mol. The normalized spacial score (nSPS) is 11.9. The molecule has 0 saturated heterocycles. The first-order valence-electron chi connectivity index (χ1n) is 5.11. The molecule has 0 bridgehead atoms. The fourth-order valence-corrected chi connectivity index (χ4v) is 1.39. The van der Waals surface area contributed by atoms with Crippen LogP contribution in [-0.2, 0) is 6.18 Å². The van der Waals surface area contributed by atoms with Gasteiger partial charge in [-0.3, -0.25) is 0 Å². The van der Waals surface area contributed by atoms with Crippen molar-refractivity contribution in [3.05, 3.63) is 23.9 Å². The Balaban J connectivity index is 2.97. The van der Waals surface area contributed by atoms with E-state index in [1.54, 1.807) is 0 Å². The predicted octanol–water partition coefficient (Wildman–Crippen LogP) is 2.13. The first kappa shape index (κ1) is 14.6. The van der Waals surface area contributed by atoms with E-state index in [0.29, 0.717) is 0 Å². The van der Waals surface area contributed by atoms with Gasteiger partial charge in [0.15, 0.2) is 0 Å². The second kappa shape index (κ2) is 5.94. The van der Waals surface area contributed by atoms with Gasteiger partial charge in [-0.15, -0.1) is 0 Å². The first-order chi connectivity index (χ1) is 8.34. The maximum Gasteiger partial charge on any atom is 0.416 e. The van der Waals surface area contributed by atoms with Crippen molar-refractivity contribution in [2.24, 2.45) is 5.73 Å². The van der Waals surface area contributed by atoms with Crippen molar-refractivity contribution in [2.45, 2.75) is 12.6 Å². The highest BCUT2D eigenvalue weighted by molar-refractivity contribution is 5.42. The summed E-state index contributed by atoms with van der Waals surface area (Å²) >= 11 is 0. The summed E-state index contributed by atoms with van der Waals surface area (Å²) in [6, 6.07) is 1.52. The van der Waals surface area contributed by atoms with Crippen molar-refractivity contribution < 1.29 is 22.0 Å². The number of anilines is 1. The minimum atomic E-state index is -4.53. The molecule has 0 saturated carbocycles. The molecule has 18 heavy (non-hydrogen) atoms. The van der Waals surface area contributed by atoms with Crippen LogP contribution >= 0.6 is 0 Å². The summed E-state index contributed by atoms with van der Waals surface area (Å²) in [5.41, 5.74) is 4.30. The van der Waals surface area contributed by atoms with Crippen molar-refractivity contribution in [3.63, 3.8) is 0 Å². The molecule has 0 amide bonds. The quantitative estimate of drug-likeness (QED) is 0.833. The fraction of sp³-hybridized carbons (Fsp3) is 0.500. The molecule has 8 heteroatoms. The summed E-state index contributed by atoms with van der Waals surface area (Å²) in [6.45, 7) is -0.644. The first-order valence-corrected chi connectivity index (χ1v) is 5.11. The Bertz CT molecular complexity index is 380. The zero-order valence-electron chi connectivity index (χ0n) is 9.29. The lowest BCUT2D eigenvalue weighted by atomic mass is 10.2. The summed E-state index contributed by atoms with van der Waals surface area (Å²) in [4.78, 5) is 4.69. The third kappa shape index (κ3) is 4.10. The lowest BCUT2D eigenvalue weighted by molar-refractivity contribution is -0.137. The number of nitrogens with two attached hydrogens (primary N) is 1. The highest BCUT2D eigenvalue weighted by Crippen LogP contribution is 2.30. The van der Waals surface area contributed by atoms with Crippen LogP contribution < -0.4 is 10.6 Å². The van der Waals surface area contributed by atoms with Gasteiger partial charge in [-0.2, -0.15) is 13.2 Å². The van der Waals surface area contributed by atoms with Gasteiger partial charge < -0.3 is 10.6 Å². The van der Waals surface area contributed by atoms with Crippen LogP contribution in [0.3, 0.4) is 0 Å².